The Hall–Kier alpha value is -2.75. The summed E-state index contributed by atoms with van der Waals surface area (Å²) in [5.41, 5.74) is 4.25. The molecule has 0 saturated heterocycles. The topological polar surface area (TPSA) is 41.6 Å². The number of benzene rings is 2. The van der Waals surface area contributed by atoms with Gasteiger partial charge in [-0.3, -0.25) is 4.68 Å². The SMILES string of the molecule is C#Cc1ccc(C(C)(C)c2cc(C#N)c3c(cnn3CCCl)c2)cc1. The molecule has 124 valence electrons. The minimum atomic E-state index is -0.262. The molecule has 0 bridgehead atoms. The van der Waals surface area contributed by atoms with Gasteiger partial charge in [0.25, 0.3) is 0 Å². The van der Waals surface area contributed by atoms with Crippen molar-refractivity contribution in [1.29, 1.82) is 5.26 Å². The van der Waals surface area contributed by atoms with Crippen LogP contribution in [0.15, 0.2) is 42.6 Å². The number of aromatic nitrogens is 2. The number of halogens is 1. The first-order chi connectivity index (χ1) is 12.0. The Balaban J connectivity index is 2.14. The zero-order valence-corrected chi connectivity index (χ0v) is 15.0. The molecule has 1 heterocycles. The number of rotatable bonds is 4. The molecule has 0 aliphatic rings. The number of fused-ring (bicyclic) bond motifs is 1. The van der Waals surface area contributed by atoms with Crippen LogP contribution >= 0.6 is 11.6 Å². The van der Waals surface area contributed by atoms with Crippen molar-refractivity contribution in [2.45, 2.75) is 25.8 Å². The second kappa shape index (κ2) is 6.63. The third-order valence-electron chi connectivity index (χ3n) is 4.65. The zero-order chi connectivity index (χ0) is 18.0. The summed E-state index contributed by atoms with van der Waals surface area (Å²) in [6.07, 6.45) is 7.24. The van der Waals surface area contributed by atoms with Crippen LogP contribution in [0.5, 0.6) is 0 Å². The lowest BCUT2D eigenvalue weighted by atomic mass is 9.77. The molecular formula is C21H18ClN3. The number of alkyl halides is 1. The van der Waals surface area contributed by atoms with Crippen LogP contribution in [-0.2, 0) is 12.0 Å². The van der Waals surface area contributed by atoms with Crippen LogP contribution in [-0.4, -0.2) is 15.7 Å². The molecule has 3 nitrogen and oxygen atoms in total. The molecule has 3 aromatic rings. The Labute approximate surface area is 152 Å². The van der Waals surface area contributed by atoms with Crippen LogP contribution in [0.1, 0.15) is 36.1 Å². The summed E-state index contributed by atoms with van der Waals surface area (Å²) in [6, 6.07) is 14.3. The maximum Gasteiger partial charge on any atom is 0.101 e. The Bertz CT molecular complexity index is 999. The second-order valence-electron chi connectivity index (χ2n) is 6.48. The van der Waals surface area contributed by atoms with Crippen molar-refractivity contribution >= 4 is 22.5 Å². The fourth-order valence-corrected chi connectivity index (χ4v) is 3.24. The van der Waals surface area contributed by atoms with Gasteiger partial charge in [-0.25, -0.2) is 0 Å². The summed E-state index contributed by atoms with van der Waals surface area (Å²) in [6.45, 7) is 4.86. The maximum atomic E-state index is 9.63. The molecule has 0 amide bonds. The Kier molecular flexibility index (Phi) is 4.53. The lowest BCUT2D eigenvalue weighted by Crippen LogP contribution is -2.19. The number of nitrogens with zero attached hydrogens (tertiary/aromatic N) is 3. The number of nitriles is 1. The lowest BCUT2D eigenvalue weighted by Gasteiger charge is -2.26. The molecule has 4 heteroatoms. The van der Waals surface area contributed by atoms with Crippen molar-refractivity contribution in [2.24, 2.45) is 0 Å². The zero-order valence-electron chi connectivity index (χ0n) is 14.3. The largest absolute Gasteiger partial charge is 0.262 e. The van der Waals surface area contributed by atoms with Gasteiger partial charge in [-0.15, -0.1) is 18.0 Å². The number of aryl methyl sites for hydroxylation is 1. The van der Waals surface area contributed by atoms with E-state index < -0.39 is 0 Å². The quantitative estimate of drug-likeness (QED) is 0.516. The number of hydrogen-bond acceptors (Lipinski definition) is 2. The molecule has 0 unspecified atom stereocenters. The van der Waals surface area contributed by atoms with Crippen LogP contribution in [0.3, 0.4) is 0 Å². The minimum Gasteiger partial charge on any atom is -0.262 e. The number of hydrogen-bond donors (Lipinski definition) is 0. The summed E-state index contributed by atoms with van der Waals surface area (Å²) in [5.74, 6) is 3.09. The normalized spacial score (nSPS) is 11.2. The standard InChI is InChI=1S/C21H18ClN3/c1-4-15-5-7-18(8-6-15)21(2,3)19-11-16(13-23)20-17(12-19)14-24-25(20)10-9-22/h1,5-8,11-12,14H,9-10H2,2-3H3. The molecule has 0 fully saturated rings. The predicted molar refractivity (Wildman–Crippen MR) is 102 cm³/mol. The molecule has 2 aromatic carbocycles. The molecule has 0 atom stereocenters. The lowest BCUT2D eigenvalue weighted by molar-refractivity contribution is 0.641. The Morgan fingerprint density at radius 1 is 1.20 bits per heavy atom. The molecule has 0 saturated carbocycles. The molecule has 3 rings (SSSR count). The van der Waals surface area contributed by atoms with Gasteiger partial charge in [0.2, 0.25) is 0 Å². The van der Waals surface area contributed by atoms with Gasteiger partial charge in [-0.2, -0.15) is 10.4 Å². The average Bonchev–Trinajstić information content (AvgIpc) is 3.04. The molecule has 25 heavy (non-hydrogen) atoms. The van der Waals surface area contributed by atoms with Gasteiger partial charge in [-0.05, 0) is 35.4 Å². The van der Waals surface area contributed by atoms with Gasteiger partial charge in [0.05, 0.1) is 23.8 Å². The molecule has 0 aliphatic heterocycles. The van der Waals surface area contributed by atoms with Crippen molar-refractivity contribution in [1.82, 2.24) is 9.78 Å². The van der Waals surface area contributed by atoms with Gasteiger partial charge >= 0.3 is 0 Å². The third-order valence-corrected chi connectivity index (χ3v) is 4.81. The van der Waals surface area contributed by atoms with E-state index in [1.54, 1.807) is 10.9 Å². The summed E-state index contributed by atoms with van der Waals surface area (Å²) in [7, 11) is 0. The van der Waals surface area contributed by atoms with E-state index in [0.29, 0.717) is 18.0 Å². The van der Waals surface area contributed by atoms with Crippen LogP contribution in [0.2, 0.25) is 0 Å². The van der Waals surface area contributed by atoms with Gasteiger partial charge in [0.15, 0.2) is 0 Å². The highest BCUT2D eigenvalue weighted by atomic mass is 35.5. The van der Waals surface area contributed by atoms with Crippen molar-refractivity contribution in [3.8, 4) is 18.4 Å². The first-order valence-corrected chi connectivity index (χ1v) is 8.58. The number of terminal acetylenes is 1. The molecule has 0 spiro atoms. The van der Waals surface area contributed by atoms with E-state index in [0.717, 1.165) is 27.6 Å². The molecular weight excluding hydrogens is 330 g/mol. The van der Waals surface area contributed by atoms with E-state index >= 15 is 0 Å². The van der Waals surface area contributed by atoms with Crippen LogP contribution < -0.4 is 0 Å². The van der Waals surface area contributed by atoms with E-state index in [2.05, 4.69) is 37.0 Å². The summed E-state index contributed by atoms with van der Waals surface area (Å²) in [5, 5.41) is 15.0. The third kappa shape index (κ3) is 3.00. The van der Waals surface area contributed by atoms with Gasteiger partial charge in [0, 0.05) is 22.2 Å². The predicted octanol–water partition coefficient (Wildman–Crippen LogP) is 4.45. The molecule has 1 aromatic heterocycles. The second-order valence-corrected chi connectivity index (χ2v) is 6.85. The summed E-state index contributed by atoms with van der Waals surface area (Å²) >= 11 is 5.84. The molecule has 0 aliphatic carbocycles. The van der Waals surface area contributed by atoms with Gasteiger partial charge in [-0.1, -0.05) is 31.9 Å². The van der Waals surface area contributed by atoms with Crippen molar-refractivity contribution in [2.75, 3.05) is 5.88 Å². The maximum absolute atomic E-state index is 9.63. The van der Waals surface area contributed by atoms with Crippen molar-refractivity contribution in [3.63, 3.8) is 0 Å². The van der Waals surface area contributed by atoms with Crippen LogP contribution in [0, 0.1) is 23.7 Å². The van der Waals surface area contributed by atoms with Crippen LogP contribution in [0.25, 0.3) is 10.9 Å². The smallest absolute Gasteiger partial charge is 0.101 e. The van der Waals surface area contributed by atoms with E-state index in [4.69, 9.17) is 18.0 Å². The van der Waals surface area contributed by atoms with E-state index in [-0.39, 0.29) is 5.41 Å². The van der Waals surface area contributed by atoms with E-state index in [1.807, 2.05) is 30.3 Å². The van der Waals surface area contributed by atoms with Crippen LogP contribution in [0.4, 0.5) is 0 Å². The first kappa shape index (κ1) is 17.1. The first-order valence-electron chi connectivity index (χ1n) is 8.04. The Morgan fingerprint density at radius 2 is 1.92 bits per heavy atom. The highest BCUT2D eigenvalue weighted by Crippen LogP contribution is 2.34. The van der Waals surface area contributed by atoms with Crippen molar-refractivity contribution in [3.05, 3.63) is 64.8 Å². The summed E-state index contributed by atoms with van der Waals surface area (Å²) in [4.78, 5) is 0. The highest BCUT2D eigenvalue weighted by Gasteiger charge is 2.25. The van der Waals surface area contributed by atoms with Gasteiger partial charge < -0.3 is 0 Å². The highest BCUT2D eigenvalue weighted by molar-refractivity contribution is 6.17. The van der Waals surface area contributed by atoms with Gasteiger partial charge in [0.1, 0.15) is 6.07 Å². The van der Waals surface area contributed by atoms with E-state index in [9.17, 15) is 5.26 Å². The monoisotopic (exact) mass is 347 g/mol. The molecule has 0 radical (unpaired) electrons. The van der Waals surface area contributed by atoms with Crippen molar-refractivity contribution < 1.29 is 0 Å². The minimum absolute atomic E-state index is 0.262. The fourth-order valence-electron chi connectivity index (χ4n) is 3.08. The van der Waals surface area contributed by atoms with E-state index in [1.165, 1.54) is 0 Å². The average molecular weight is 348 g/mol. The molecule has 0 N–H and O–H groups in total. The summed E-state index contributed by atoms with van der Waals surface area (Å²) < 4.78 is 1.79. The fraction of sp³-hybridized carbons (Fsp3) is 0.238. The Morgan fingerprint density at radius 3 is 2.52 bits per heavy atom.